The molecule has 0 saturated heterocycles. The van der Waals surface area contributed by atoms with E-state index in [9.17, 15) is 14.4 Å². The van der Waals surface area contributed by atoms with Gasteiger partial charge in [0.05, 0.1) is 13.0 Å². The Hall–Kier alpha value is -4.04. The predicted octanol–water partition coefficient (Wildman–Crippen LogP) is 4.63. The summed E-state index contributed by atoms with van der Waals surface area (Å²) in [5.74, 6) is -1.02. The number of hydrogen-bond acceptors (Lipinski definition) is 5. The Morgan fingerprint density at radius 1 is 0.829 bits per heavy atom. The summed E-state index contributed by atoms with van der Waals surface area (Å²) in [6.45, 7) is 2.20. The summed E-state index contributed by atoms with van der Waals surface area (Å²) in [6, 6.07) is 24.0. The highest BCUT2D eigenvalue weighted by Crippen LogP contribution is 2.15. The molecule has 2 amide bonds. The maximum absolute atomic E-state index is 12.4. The molecule has 0 aliphatic rings. The molecule has 0 bridgehead atoms. The zero-order valence-electron chi connectivity index (χ0n) is 19.4. The van der Waals surface area contributed by atoms with Crippen molar-refractivity contribution >= 4 is 46.5 Å². The number of anilines is 2. The van der Waals surface area contributed by atoms with Gasteiger partial charge in [-0.15, -0.1) is 0 Å². The topological polar surface area (TPSA) is 96.5 Å². The van der Waals surface area contributed by atoms with Crippen molar-refractivity contribution in [2.45, 2.75) is 26.2 Å². The molecule has 3 aromatic rings. The lowest BCUT2D eigenvalue weighted by atomic mass is 10.1. The number of carbonyl (C=O) groups is 3. The lowest BCUT2D eigenvalue weighted by Crippen LogP contribution is -2.34. The summed E-state index contributed by atoms with van der Waals surface area (Å²) in [7, 11) is 0. The van der Waals surface area contributed by atoms with E-state index in [4.69, 9.17) is 17.0 Å². The SMILES string of the molecule is Cc1cccc(C(=O)Nc2ccc(NC(=S)NC(=O)CCC(=O)OCCc3ccccc3)cc2)c1. The first-order valence-corrected chi connectivity index (χ1v) is 11.6. The van der Waals surface area contributed by atoms with Crippen LogP contribution in [0.3, 0.4) is 0 Å². The minimum atomic E-state index is -0.432. The Morgan fingerprint density at radius 2 is 1.51 bits per heavy atom. The van der Waals surface area contributed by atoms with Crippen molar-refractivity contribution in [3.63, 3.8) is 0 Å². The summed E-state index contributed by atoms with van der Waals surface area (Å²) >= 11 is 5.17. The second-order valence-corrected chi connectivity index (χ2v) is 8.27. The third-order valence-corrected chi connectivity index (χ3v) is 5.19. The number of thiocarbonyl (C=S) groups is 1. The lowest BCUT2D eigenvalue weighted by Gasteiger charge is -2.11. The normalized spacial score (nSPS) is 10.2. The molecule has 180 valence electrons. The predicted molar refractivity (Wildman–Crippen MR) is 140 cm³/mol. The molecular weight excluding hydrogens is 462 g/mol. The van der Waals surface area contributed by atoms with E-state index >= 15 is 0 Å². The first kappa shape index (κ1) is 25.6. The quantitative estimate of drug-likeness (QED) is 0.300. The van der Waals surface area contributed by atoms with Crippen LogP contribution in [0.25, 0.3) is 0 Å². The van der Waals surface area contributed by atoms with E-state index in [1.165, 1.54) is 0 Å². The van der Waals surface area contributed by atoms with Crippen molar-refractivity contribution in [3.8, 4) is 0 Å². The Bertz CT molecular complexity index is 1180. The summed E-state index contributed by atoms with van der Waals surface area (Å²) in [5.41, 5.74) is 3.94. The molecule has 0 heterocycles. The number of carbonyl (C=O) groups excluding carboxylic acids is 3. The Balaban J connectivity index is 1.35. The van der Waals surface area contributed by atoms with Gasteiger partial charge in [-0.1, -0.05) is 48.0 Å². The van der Waals surface area contributed by atoms with Crippen LogP contribution in [0.5, 0.6) is 0 Å². The molecule has 3 rings (SSSR count). The minimum Gasteiger partial charge on any atom is -0.465 e. The molecule has 3 aromatic carbocycles. The van der Waals surface area contributed by atoms with Gasteiger partial charge in [-0.3, -0.25) is 14.4 Å². The lowest BCUT2D eigenvalue weighted by molar-refractivity contribution is -0.144. The largest absolute Gasteiger partial charge is 0.465 e. The van der Waals surface area contributed by atoms with Crippen LogP contribution in [-0.4, -0.2) is 29.5 Å². The number of ether oxygens (including phenoxy) is 1. The Labute approximate surface area is 209 Å². The van der Waals surface area contributed by atoms with E-state index in [0.29, 0.717) is 23.4 Å². The van der Waals surface area contributed by atoms with Gasteiger partial charge < -0.3 is 20.7 Å². The summed E-state index contributed by atoms with van der Waals surface area (Å²) < 4.78 is 5.17. The van der Waals surface area contributed by atoms with Gasteiger partial charge in [-0.25, -0.2) is 0 Å². The molecule has 3 N–H and O–H groups in total. The molecule has 35 heavy (non-hydrogen) atoms. The number of amides is 2. The third kappa shape index (κ3) is 9.02. The average Bonchev–Trinajstić information content (AvgIpc) is 2.84. The van der Waals surface area contributed by atoms with Crippen LogP contribution in [0.15, 0.2) is 78.9 Å². The van der Waals surface area contributed by atoms with Crippen LogP contribution in [0.4, 0.5) is 11.4 Å². The van der Waals surface area contributed by atoms with Crippen LogP contribution in [0.1, 0.15) is 34.3 Å². The number of benzene rings is 3. The minimum absolute atomic E-state index is 0.0292. The van der Waals surface area contributed by atoms with E-state index in [1.807, 2.05) is 55.5 Å². The average molecular weight is 490 g/mol. The highest BCUT2D eigenvalue weighted by Gasteiger charge is 2.10. The highest BCUT2D eigenvalue weighted by atomic mass is 32.1. The third-order valence-electron chi connectivity index (χ3n) is 4.99. The molecule has 0 aliphatic carbocycles. The van der Waals surface area contributed by atoms with E-state index in [-0.39, 0.29) is 36.4 Å². The second kappa shape index (κ2) is 13.0. The number of hydrogen-bond donors (Lipinski definition) is 3. The van der Waals surface area contributed by atoms with Crippen LogP contribution in [0.2, 0.25) is 0 Å². The zero-order valence-corrected chi connectivity index (χ0v) is 20.2. The smallest absolute Gasteiger partial charge is 0.306 e. The van der Waals surface area contributed by atoms with Gasteiger partial charge in [0.2, 0.25) is 5.91 Å². The Morgan fingerprint density at radius 3 is 2.20 bits per heavy atom. The molecule has 0 unspecified atom stereocenters. The zero-order chi connectivity index (χ0) is 25.0. The second-order valence-electron chi connectivity index (χ2n) is 7.86. The van der Waals surface area contributed by atoms with Gasteiger partial charge in [0.1, 0.15) is 0 Å². The molecular formula is C27H27N3O4S. The number of nitrogens with one attached hydrogen (secondary N) is 3. The molecule has 0 aromatic heterocycles. The number of rotatable bonds is 9. The van der Waals surface area contributed by atoms with Crippen molar-refractivity contribution in [2.24, 2.45) is 0 Å². The number of esters is 1. The fourth-order valence-corrected chi connectivity index (χ4v) is 3.42. The van der Waals surface area contributed by atoms with Gasteiger partial charge >= 0.3 is 5.97 Å². The van der Waals surface area contributed by atoms with Crippen molar-refractivity contribution < 1.29 is 19.1 Å². The van der Waals surface area contributed by atoms with Crippen LogP contribution >= 0.6 is 12.2 Å². The molecule has 0 radical (unpaired) electrons. The first-order valence-electron chi connectivity index (χ1n) is 11.2. The van der Waals surface area contributed by atoms with Gasteiger partial charge in [0, 0.05) is 29.8 Å². The molecule has 7 nitrogen and oxygen atoms in total. The molecule has 0 aliphatic heterocycles. The summed E-state index contributed by atoms with van der Waals surface area (Å²) in [6.07, 6.45) is 0.565. The van der Waals surface area contributed by atoms with E-state index in [1.54, 1.807) is 30.3 Å². The van der Waals surface area contributed by atoms with Gasteiger partial charge in [0.15, 0.2) is 5.11 Å². The fourth-order valence-electron chi connectivity index (χ4n) is 3.19. The Kier molecular flexibility index (Phi) is 9.50. The van der Waals surface area contributed by atoms with Gasteiger partial charge in [-0.2, -0.15) is 0 Å². The van der Waals surface area contributed by atoms with Crippen molar-refractivity contribution in [1.82, 2.24) is 5.32 Å². The van der Waals surface area contributed by atoms with Crippen molar-refractivity contribution in [2.75, 3.05) is 17.2 Å². The standard InChI is InChI=1S/C27H27N3O4S/c1-19-6-5-9-21(18-19)26(33)28-22-10-12-23(13-11-22)29-27(35)30-24(31)14-15-25(32)34-17-16-20-7-3-2-4-8-20/h2-13,18H,14-17H2,1H3,(H,28,33)(H2,29,30,31,35). The van der Waals surface area contributed by atoms with E-state index in [0.717, 1.165) is 11.1 Å². The van der Waals surface area contributed by atoms with Crippen LogP contribution in [-0.2, 0) is 20.7 Å². The van der Waals surface area contributed by atoms with Crippen molar-refractivity contribution in [3.05, 3.63) is 95.6 Å². The fraction of sp³-hybridized carbons (Fsp3) is 0.185. The van der Waals surface area contributed by atoms with Crippen LogP contribution < -0.4 is 16.0 Å². The summed E-state index contributed by atoms with van der Waals surface area (Å²) in [5, 5.41) is 8.40. The first-order chi connectivity index (χ1) is 16.9. The van der Waals surface area contributed by atoms with Gasteiger partial charge in [-0.05, 0) is 61.1 Å². The molecule has 0 spiro atoms. The maximum Gasteiger partial charge on any atom is 0.306 e. The highest BCUT2D eigenvalue weighted by molar-refractivity contribution is 7.80. The molecule has 0 fully saturated rings. The number of aryl methyl sites for hydroxylation is 1. The summed E-state index contributed by atoms with van der Waals surface area (Å²) in [4.78, 5) is 36.3. The molecule has 0 atom stereocenters. The van der Waals surface area contributed by atoms with E-state index in [2.05, 4.69) is 16.0 Å². The molecule has 8 heteroatoms. The molecule has 0 saturated carbocycles. The maximum atomic E-state index is 12.4. The van der Waals surface area contributed by atoms with Crippen molar-refractivity contribution in [1.29, 1.82) is 0 Å². The van der Waals surface area contributed by atoms with Crippen LogP contribution in [0, 0.1) is 6.92 Å². The monoisotopic (exact) mass is 489 g/mol. The van der Waals surface area contributed by atoms with E-state index < -0.39 is 5.97 Å². The van der Waals surface area contributed by atoms with Gasteiger partial charge in [0.25, 0.3) is 5.91 Å².